The van der Waals surface area contributed by atoms with Gasteiger partial charge in [-0.1, -0.05) is 11.6 Å². The normalized spacial score (nSPS) is 22.1. The maximum Gasteiger partial charge on any atom is 0.173 e. The van der Waals surface area contributed by atoms with Gasteiger partial charge in [0.05, 0.1) is 0 Å². The molecule has 1 aliphatic rings. The van der Waals surface area contributed by atoms with Crippen LogP contribution in [0.4, 0.5) is 4.39 Å². The molecule has 0 radical (unpaired) electrons. The van der Waals surface area contributed by atoms with Gasteiger partial charge in [-0.05, 0) is 44.5 Å². The van der Waals surface area contributed by atoms with E-state index in [-0.39, 0.29) is 6.04 Å². The van der Waals surface area contributed by atoms with Gasteiger partial charge in [-0.3, -0.25) is 0 Å². The Morgan fingerprint density at radius 2 is 2.29 bits per heavy atom. The van der Waals surface area contributed by atoms with E-state index >= 15 is 0 Å². The molecule has 17 heavy (non-hydrogen) atoms. The molecule has 2 heterocycles. The Balaban J connectivity index is 1.94. The Labute approximate surface area is 99.8 Å². The van der Waals surface area contributed by atoms with Crippen LogP contribution in [0, 0.1) is 6.92 Å². The fourth-order valence-corrected chi connectivity index (χ4v) is 2.48. The summed E-state index contributed by atoms with van der Waals surface area (Å²) in [4.78, 5) is 0. The number of furan rings is 1. The van der Waals surface area contributed by atoms with Crippen molar-refractivity contribution in [3.8, 4) is 0 Å². The number of alkyl halides is 1. The smallest absolute Gasteiger partial charge is 0.173 e. The predicted octanol–water partition coefficient (Wildman–Crippen LogP) is 3.50. The summed E-state index contributed by atoms with van der Waals surface area (Å²) < 4.78 is 19.8. The Morgan fingerprint density at radius 1 is 1.41 bits per heavy atom. The second-order valence-electron chi connectivity index (χ2n) is 4.79. The van der Waals surface area contributed by atoms with Gasteiger partial charge in [0.1, 0.15) is 11.3 Å². The Bertz CT molecular complexity index is 528. The molecule has 1 aromatic carbocycles. The van der Waals surface area contributed by atoms with Crippen LogP contribution in [0.1, 0.15) is 30.3 Å². The van der Waals surface area contributed by atoms with Crippen molar-refractivity contribution in [1.82, 2.24) is 5.32 Å². The molecule has 1 fully saturated rings. The van der Waals surface area contributed by atoms with Crippen molar-refractivity contribution in [3.05, 3.63) is 35.6 Å². The summed E-state index contributed by atoms with van der Waals surface area (Å²) in [6.45, 7) is 2.93. The molecule has 0 saturated carbocycles. The van der Waals surface area contributed by atoms with Crippen molar-refractivity contribution in [3.63, 3.8) is 0 Å². The van der Waals surface area contributed by atoms with Crippen molar-refractivity contribution >= 4 is 11.0 Å². The third-order valence-corrected chi connectivity index (χ3v) is 3.41. The van der Waals surface area contributed by atoms with Crippen LogP contribution in [0.15, 0.2) is 28.7 Å². The number of hydrogen-bond donors (Lipinski definition) is 1. The van der Waals surface area contributed by atoms with Crippen LogP contribution >= 0.6 is 0 Å². The van der Waals surface area contributed by atoms with Crippen molar-refractivity contribution in [2.45, 2.75) is 32.0 Å². The quantitative estimate of drug-likeness (QED) is 0.858. The van der Waals surface area contributed by atoms with Gasteiger partial charge in [-0.2, -0.15) is 0 Å². The number of fused-ring (bicyclic) bond motifs is 1. The van der Waals surface area contributed by atoms with E-state index in [4.69, 9.17) is 4.42 Å². The average molecular weight is 233 g/mol. The lowest BCUT2D eigenvalue weighted by Gasteiger charge is -2.12. The minimum absolute atomic E-state index is 0.0864. The van der Waals surface area contributed by atoms with E-state index in [0.29, 0.717) is 5.76 Å². The molecule has 0 aliphatic carbocycles. The summed E-state index contributed by atoms with van der Waals surface area (Å²) >= 11 is 0. The largest absolute Gasteiger partial charge is 0.458 e. The van der Waals surface area contributed by atoms with Crippen LogP contribution in [0.25, 0.3) is 11.0 Å². The first-order valence-electron chi connectivity index (χ1n) is 6.11. The molecule has 1 aliphatic heterocycles. The van der Waals surface area contributed by atoms with Crippen LogP contribution in [-0.2, 0) is 0 Å². The summed E-state index contributed by atoms with van der Waals surface area (Å²) in [6.07, 6.45) is 0.895. The van der Waals surface area contributed by atoms with Crippen molar-refractivity contribution < 1.29 is 8.81 Å². The maximum absolute atomic E-state index is 14.2. The topological polar surface area (TPSA) is 25.2 Å². The summed E-state index contributed by atoms with van der Waals surface area (Å²) in [6, 6.07) is 7.65. The molecule has 90 valence electrons. The molecular weight excluding hydrogens is 217 g/mol. The molecule has 3 rings (SSSR count). The van der Waals surface area contributed by atoms with E-state index in [0.717, 1.165) is 30.4 Å². The molecule has 0 amide bonds. The van der Waals surface area contributed by atoms with Gasteiger partial charge in [-0.25, -0.2) is 4.39 Å². The molecular formula is C14H16FNO. The highest BCUT2D eigenvalue weighted by Gasteiger charge is 2.28. The molecule has 0 spiro atoms. The third-order valence-electron chi connectivity index (χ3n) is 3.41. The van der Waals surface area contributed by atoms with Crippen LogP contribution in [0.2, 0.25) is 0 Å². The molecule has 2 atom stereocenters. The Kier molecular flexibility index (Phi) is 2.63. The zero-order valence-corrected chi connectivity index (χ0v) is 9.87. The predicted molar refractivity (Wildman–Crippen MR) is 65.8 cm³/mol. The molecule has 2 nitrogen and oxygen atoms in total. The highest BCUT2D eigenvalue weighted by molar-refractivity contribution is 5.78. The minimum atomic E-state index is -1.04. The van der Waals surface area contributed by atoms with E-state index in [1.54, 1.807) is 0 Å². The standard InChI is InChI=1S/C14H16FNO/c1-9-4-5-12-10(7-9)8-13(17-12)14(15)11-3-2-6-16-11/h4-5,7-8,11,14,16H,2-3,6H2,1H3. The number of halogens is 1. The van der Waals surface area contributed by atoms with Gasteiger partial charge in [0.25, 0.3) is 0 Å². The van der Waals surface area contributed by atoms with Crippen molar-refractivity contribution in [2.24, 2.45) is 0 Å². The van der Waals surface area contributed by atoms with E-state index in [1.165, 1.54) is 5.56 Å². The Morgan fingerprint density at radius 3 is 3.06 bits per heavy atom. The molecule has 0 bridgehead atoms. The number of benzene rings is 1. The highest BCUT2D eigenvalue weighted by Crippen LogP contribution is 2.31. The van der Waals surface area contributed by atoms with Gasteiger partial charge < -0.3 is 9.73 Å². The first kappa shape index (κ1) is 10.8. The van der Waals surface area contributed by atoms with Gasteiger partial charge >= 0.3 is 0 Å². The first-order chi connectivity index (χ1) is 8.24. The second-order valence-corrected chi connectivity index (χ2v) is 4.79. The van der Waals surface area contributed by atoms with E-state index in [1.807, 2.05) is 31.2 Å². The lowest BCUT2D eigenvalue weighted by Crippen LogP contribution is -2.26. The van der Waals surface area contributed by atoms with E-state index in [2.05, 4.69) is 5.32 Å². The highest BCUT2D eigenvalue weighted by atomic mass is 19.1. The lowest BCUT2D eigenvalue weighted by atomic mass is 10.1. The number of hydrogen-bond acceptors (Lipinski definition) is 2. The molecule has 1 aromatic heterocycles. The molecule has 2 aromatic rings. The maximum atomic E-state index is 14.2. The van der Waals surface area contributed by atoms with E-state index < -0.39 is 6.17 Å². The summed E-state index contributed by atoms with van der Waals surface area (Å²) in [5.41, 5.74) is 1.94. The molecule has 2 unspecified atom stereocenters. The monoisotopic (exact) mass is 233 g/mol. The minimum Gasteiger partial charge on any atom is -0.458 e. The fraction of sp³-hybridized carbons (Fsp3) is 0.429. The fourth-order valence-electron chi connectivity index (χ4n) is 2.48. The lowest BCUT2D eigenvalue weighted by molar-refractivity contribution is 0.234. The summed E-state index contributed by atoms with van der Waals surface area (Å²) in [7, 11) is 0. The average Bonchev–Trinajstić information content (AvgIpc) is 2.96. The van der Waals surface area contributed by atoms with Crippen LogP contribution in [0.5, 0.6) is 0 Å². The van der Waals surface area contributed by atoms with Crippen LogP contribution in [0.3, 0.4) is 0 Å². The van der Waals surface area contributed by atoms with Gasteiger partial charge in [0, 0.05) is 11.4 Å². The summed E-state index contributed by atoms with van der Waals surface area (Å²) in [5.74, 6) is 0.449. The van der Waals surface area contributed by atoms with E-state index in [9.17, 15) is 4.39 Å². The van der Waals surface area contributed by atoms with Crippen molar-refractivity contribution in [2.75, 3.05) is 6.54 Å². The van der Waals surface area contributed by atoms with Crippen molar-refractivity contribution in [1.29, 1.82) is 0 Å². The first-order valence-corrected chi connectivity index (χ1v) is 6.11. The molecule has 1 N–H and O–H groups in total. The zero-order chi connectivity index (χ0) is 11.8. The molecule has 1 saturated heterocycles. The van der Waals surface area contributed by atoms with Crippen LogP contribution < -0.4 is 5.32 Å². The summed E-state index contributed by atoms with van der Waals surface area (Å²) in [5, 5.41) is 4.16. The van der Waals surface area contributed by atoms with Gasteiger partial charge in [0.15, 0.2) is 6.17 Å². The second kappa shape index (κ2) is 4.15. The Hall–Kier alpha value is -1.35. The third kappa shape index (κ3) is 1.95. The van der Waals surface area contributed by atoms with Crippen LogP contribution in [-0.4, -0.2) is 12.6 Å². The number of aryl methyl sites for hydroxylation is 1. The molecule has 3 heteroatoms. The van der Waals surface area contributed by atoms with Gasteiger partial charge in [-0.15, -0.1) is 0 Å². The zero-order valence-electron chi connectivity index (χ0n) is 9.87. The van der Waals surface area contributed by atoms with Gasteiger partial charge in [0.2, 0.25) is 0 Å². The number of nitrogens with one attached hydrogen (secondary N) is 1. The SMILES string of the molecule is Cc1ccc2oc(C(F)C3CCCN3)cc2c1. The number of rotatable bonds is 2.